The van der Waals surface area contributed by atoms with Crippen molar-refractivity contribution in [3.05, 3.63) is 105 Å². The highest BCUT2D eigenvalue weighted by atomic mass is 16.6. The number of aromatic amines is 1. The molecule has 9 nitrogen and oxygen atoms in total. The summed E-state index contributed by atoms with van der Waals surface area (Å²) in [5.41, 5.74) is 3.36. The zero-order valence-electron chi connectivity index (χ0n) is 18.3. The SMILES string of the molecule is Cc1[nH]c2ccccc2c1CCNC(=O)C(=Cc1cccc([N+](=O)[O-])c1)NC(=O)c1ccco1. The van der Waals surface area contributed by atoms with Crippen LogP contribution in [0.15, 0.2) is 77.0 Å². The lowest BCUT2D eigenvalue weighted by Gasteiger charge is -2.11. The summed E-state index contributed by atoms with van der Waals surface area (Å²) >= 11 is 0. The first-order chi connectivity index (χ1) is 16.4. The van der Waals surface area contributed by atoms with Crippen molar-refractivity contribution in [2.45, 2.75) is 13.3 Å². The van der Waals surface area contributed by atoms with Crippen molar-refractivity contribution in [3.63, 3.8) is 0 Å². The van der Waals surface area contributed by atoms with E-state index < -0.39 is 16.7 Å². The number of nitro benzene ring substituents is 1. The summed E-state index contributed by atoms with van der Waals surface area (Å²) in [6.45, 7) is 2.30. The minimum absolute atomic E-state index is 0.0344. The average Bonchev–Trinajstić information content (AvgIpc) is 3.47. The quantitative estimate of drug-likeness (QED) is 0.208. The third kappa shape index (κ3) is 5.04. The number of aromatic nitrogens is 1. The van der Waals surface area contributed by atoms with Crippen LogP contribution in [0.2, 0.25) is 0 Å². The van der Waals surface area contributed by atoms with Gasteiger partial charge in [-0.25, -0.2) is 0 Å². The first-order valence-electron chi connectivity index (χ1n) is 10.6. The molecule has 0 aliphatic heterocycles. The minimum atomic E-state index is -0.607. The van der Waals surface area contributed by atoms with Crippen LogP contribution in [0.25, 0.3) is 17.0 Å². The number of H-pyrrole nitrogens is 1. The van der Waals surface area contributed by atoms with E-state index in [1.165, 1.54) is 36.6 Å². The molecule has 2 aromatic heterocycles. The number of amides is 2. The Morgan fingerprint density at radius 3 is 2.71 bits per heavy atom. The number of furan rings is 1. The Balaban J connectivity index is 1.53. The Labute approximate surface area is 194 Å². The normalized spacial score (nSPS) is 11.4. The maximum absolute atomic E-state index is 13.0. The van der Waals surface area contributed by atoms with Crippen LogP contribution in [-0.2, 0) is 11.2 Å². The van der Waals surface area contributed by atoms with Crippen molar-refractivity contribution < 1.29 is 18.9 Å². The van der Waals surface area contributed by atoms with E-state index >= 15 is 0 Å². The zero-order valence-corrected chi connectivity index (χ0v) is 18.3. The molecule has 4 aromatic rings. The van der Waals surface area contributed by atoms with E-state index in [0.29, 0.717) is 18.5 Å². The van der Waals surface area contributed by atoms with Crippen LogP contribution >= 0.6 is 0 Å². The third-order valence-electron chi connectivity index (χ3n) is 5.32. The van der Waals surface area contributed by atoms with Crippen LogP contribution in [0.4, 0.5) is 5.69 Å². The second-order valence-corrected chi connectivity index (χ2v) is 7.62. The predicted molar refractivity (Wildman–Crippen MR) is 127 cm³/mol. The number of hydrogen-bond donors (Lipinski definition) is 3. The number of non-ortho nitro benzene ring substituents is 1. The van der Waals surface area contributed by atoms with Gasteiger partial charge in [-0.1, -0.05) is 30.3 Å². The van der Waals surface area contributed by atoms with E-state index in [2.05, 4.69) is 15.6 Å². The Hall–Kier alpha value is -4.66. The molecular formula is C25H22N4O5. The van der Waals surface area contributed by atoms with Crippen LogP contribution in [-0.4, -0.2) is 28.3 Å². The molecule has 172 valence electrons. The molecule has 0 saturated carbocycles. The van der Waals surface area contributed by atoms with E-state index in [9.17, 15) is 19.7 Å². The molecule has 0 fully saturated rings. The second kappa shape index (κ2) is 9.86. The first-order valence-corrected chi connectivity index (χ1v) is 10.6. The average molecular weight is 458 g/mol. The molecule has 2 heterocycles. The van der Waals surface area contributed by atoms with Gasteiger partial charge in [0, 0.05) is 35.3 Å². The standard InChI is InChI=1S/C25H22N4O5/c1-16-19(20-8-2-3-9-21(20)27-16)11-12-26-24(30)22(28-25(31)23-10-5-13-34-23)15-17-6-4-7-18(14-17)29(32)33/h2-10,13-15,27H,11-12H2,1H3,(H,26,30)(H,28,31). The van der Waals surface area contributed by atoms with E-state index in [-0.39, 0.29) is 17.1 Å². The summed E-state index contributed by atoms with van der Waals surface area (Å²) in [5.74, 6) is -1.10. The van der Waals surface area contributed by atoms with Crippen LogP contribution in [0.3, 0.4) is 0 Å². The fraction of sp³-hybridized carbons (Fsp3) is 0.120. The summed E-state index contributed by atoms with van der Waals surface area (Å²) in [5, 5.41) is 17.6. The molecule has 2 aromatic carbocycles. The second-order valence-electron chi connectivity index (χ2n) is 7.62. The number of rotatable bonds is 8. The van der Waals surface area contributed by atoms with Crippen molar-refractivity contribution in [2.75, 3.05) is 6.54 Å². The van der Waals surface area contributed by atoms with Crippen molar-refractivity contribution in [1.82, 2.24) is 15.6 Å². The number of carbonyl (C=O) groups is 2. The summed E-state index contributed by atoms with van der Waals surface area (Å²) in [4.78, 5) is 39.4. The monoisotopic (exact) mass is 458 g/mol. The lowest BCUT2D eigenvalue weighted by Crippen LogP contribution is -2.35. The number of benzene rings is 2. The lowest BCUT2D eigenvalue weighted by atomic mass is 10.1. The number of carbonyl (C=O) groups excluding carboxylic acids is 2. The van der Waals surface area contributed by atoms with E-state index in [4.69, 9.17) is 4.42 Å². The largest absolute Gasteiger partial charge is 0.459 e. The van der Waals surface area contributed by atoms with Crippen molar-refractivity contribution in [1.29, 1.82) is 0 Å². The van der Waals surface area contributed by atoms with Gasteiger partial charge in [0.25, 0.3) is 17.5 Å². The highest BCUT2D eigenvalue weighted by Crippen LogP contribution is 2.22. The van der Waals surface area contributed by atoms with Gasteiger partial charge in [-0.2, -0.15) is 0 Å². The van der Waals surface area contributed by atoms with Gasteiger partial charge in [0.1, 0.15) is 5.70 Å². The number of nitro groups is 1. The fourth-order valence-corrected chi connectivity index (χ4v) is 3.70. The highest BCUT2D eigenvalue weighted by Gasteiger charge is 2.17. The first kappa shape index (κ1) is 22.5. The minimum Gasteiger partial charge on any atom is -0.459 e. The Morgan fingerprint density at radius 2 is 1.94 bits per heavy atom. The summed E-state index contributed by atoms with van der Waals surface area (Å²) in [7, 11) is 0. The van der Waals surface area contributed by atoms with Gasteiger partial charge in [0.15, 0.2) is 5.76 Å². The van der Waals surface area contributed by atoms with E-state index in [1.807, 2.05) is 31.2 Å². The van der Waals surface area contributed by atoms with Crippen molar-refractivity contribution in [2.24, 2.45) is 0 Å². The molecular weight excluding hydrogens is 436 g/mol. The topological polar surface area (TPSA) is 130 Å². The molecule has 34 heavy (non-hydrogen) atoms. The molecule has 0 aliphatic carbocycles. The van der Waals surface area contributed by atoms with Gasteiger partial charge in [-0.05, 0) is 48.7 Å². The lowest BCUT2D eigenvalue weighted by molar-refractivity contribution is -0.384. The molecule has 0 radical (unpaired) electrons. The molecule has 0 saturated heterocycles. The third-order valence-corrected chi connectivity index (χ3v) is 5.32. The number of hydrogen-bond acceptors (Lipinski definition) is 5. The maximum Gasteiger partial charge on any atom is 0.291 e. The van der Waals surface area contributed by atoms with Crippen molar-refractivity contribution in [3.8, 4) is 0 Å². The molecule has 2 amide bonds. The number of fused-ring (bicyclic) bond motifs is 1. The summed E-state index contributed by atoms with van der Waals surface area (Å²) in [6.07, 6.45) is 3.32. The van der Waals surface area contributed by atoms with Crippen LogP contribution in [0.5, 0.6) is 0 Å². The molecule has 0 aliphatic rings. The maximum atomic E-state index is 13.0. The number of aryl methyl sites for hydroxylation is 1. The molecule has 9 heteroatoms. The molecule has 0 bridgehead atoms. The number of para-hydroxylation sites is 1. The summed E-state index contributed by atoms with van der Waals surface area (Å²) < 4.78 is 5.10. The van der Waals surface area contributed by atoms with Crippen LogP contribution in [0, 0.1) is 17.0 Å². The Kier molecular flexibility index (Phi) is 6.54. The summed E-state index contributed by atoms with van der Waals surface area (Å²) in [6, 6.07) is 16.7. The fourth-order valence-electron chi connectivity index (χ4n) is 3.70. The van der Waals surface area contributed by atoms with Gasteiger partial charge >= 0.3 is 0 Å². The van der Waals surface area contributed by atoms with Gasteiger partial charge in [0.05, 0.1) is 11.2 Å². The van der Waals surface area contributed by atoms with Crippen molar-refractivity contribution >= 4 is 34.5 Å². The molecule has 0 spiro atoms. The smallest absolute Gasteiger partial charge is 0.291 e. The zero-order chi connectivity index (χ0) is 24.1. The predicted octanol–water partition coefficient (Wildman–Crippen LogP) is 4.11. The molecule has 3 N–H and O–H groups in total. The van der Waals surface area contributed by atoms with Gasteiger partial charge < -0.3 is 20.0 Å². The van der Waals surface area contributed by atoms with E-state index in [1.54, 1.807) is 12.1 Å². The molecule has 0 unspecified atom stereocenters. The van der Waals surface area contributed by atoms with E-state index in [0.717, 1.165) is 22.2 Å². The van der Waals surface area contributed by atoms with Gasteiger partial charge in [-0.3, -0.25) is 19.7 Å². The van der Waals surface area contributed by atoms with Gasteiger partial charge in [0.2, 0.25) is 0 Å². The highest BCUT2D eigenvalue weighted by molar-refractivity contribution is 6.04. The van der Waals surface area contributed by atoms with Crippen LogP contribution < -0.4 is 10.6 Å². The molecule has 0 atom stereocenters. The Bertz CT molecular complexity index is 1390. The Morgan fingerprint density at radius 1 is 1.12 bits per heavy atom. The van der Waals surface area contributed by atoms with Gasteiger partial charge in [-0.15, -0.1) is 0 Å². The van der Waals surface area contributed by atoms with Crippen LogP contribution in [0.1, 0.15) is 27.4 Å². The number of nitrogens with one attached hydrogen (secondary N) is 3. The number of nitrogens with zero attached hydrogens (tertiary/aromatic N) is 1. The molecule has 4 rings (SSSR count).